The van der Waals surface area contributed by atoms with Gasteiger partial charge in [0.1, 0.15) is 4.70 Å². The molecule has 1 aliphatic rings. The molecule has 1 saturated heterocycles. The highest BCUT2D eigenvalue weighted by Gasteiger charge is 2.19. The third-order valence-electron chi connectivity index (χ3n) is 3.93. The average Bonchev–Trinajstić information content (AvgIpc) is 3.01. The average molecular weight is 313 g/mol. The van der Waals surface area contributed by atoms with Crippen LogP contribution in [0.15, 0.2) is 39.1 Å². The molecule has 4 rings (SSSR count). The van der Waals surface area contributed by atoms with Crippen molar-refractivity contribution in [1.29, 1.82) is 0 Å². The molecule has 1 fully saturated rings. The van der Waals surface area contributed by atoms with Gasteiger partial charge in [0.05, 0.1) is 0 Å². The molecule has 0 amide bonds. The van der Waals surface area contributed by atoms with Crippen LogP contribution in [0.4, 0.5) is 6.01 Å². The maximum atomic E-state index is 12.3. The van der Waals surface area contributed by atoms with E-state index in [4.69, 9.17) is 4.42 Å². The second-order valence-electron chi connectivity index (χ2n) is 5.40. The van der Waals surface area contributed by atoms with Crippen molar-refractivity contribution in [1.82, 2.24) is 9.97 Å². The third kappa shape index (κ3) is 2.29. The van der Waals surface area contributed by atoms with Gasteiger partial charge in [0.15, 0.2) is 5.58 Å². The summed E-state index contributed by atoms with van der Waals surface area (Å²) in [5, 5.41) is 1.94. The SMILES string of the molecule is O=c1nc(N2CCCCC2)oc2c(-c3cccnc3)csc12. The van der Waals surface area contributed by atoms with E-state index in [1.54, 1.807) is 12.4 Å². The summed E-state index contributed by atoms with van der Waals surface area (Å²) in [4.78, 5) is 22.6. The van der Waals surface area contributed by atoms with Gasteiger partial charge in [-0.25, -0.2) is 0 Å². The van der Waals surface area contributed by atoms with Crippen molar-refractivity contribution in [3.8, 4) is 11.1 Å². The molecule has 0 N–H and O–H groups in total. The number of fused-ring (bicyclic) bond motifs is 1. The zero-order valence-corrected chi connectivity index (χ0v) is 12.8. The fourth-order valence-electron chi connectivity index (χ4n) is 2.79. The number of aromatic nitrogens is 2. The number of rotatable bonds is 2. The quantitative estimate of drug-likeness (QED) is 0.726. The normalized spacial score (nSPS) is 15.4. The van der Waals surface area contributed by atoms with Crippen molar-refractivity contribution in [3.63, 3.8) is 0 Å². The number of piperidine rings is 1. The van der Waals surface area contributed by atoms with E-state index < -0.39 is 0 Å². The first-order valence-electron chi connectivity index (χ1n) is 7.40. The lowest BCUT2D eigenvalue weighted by Crippen LogP contribution is -2.31. The van der Waals surface area contributed by atoms with Crippen molar-refractivity contribution in [3.05, 3.63) is 40.3 Å². The summed E-state index contributed by atoms with van der Waals surface area (Å²) in [6.07, 6.45) is 6.96. The molecule has 22 heavy (non-hydrogen) atoms. The molecule has 5 nitrogen and oxygen atoms in total. The molecule has 6 heteroatoms. The molecule has 112 valence electrons. The zero-order chi connectivity index (χ0) is 14.9. The van der Waals surface area contributed by atoms with Gasteiger partial charge in [-0.05, 0) is 25.3 Å². The van der Waals surface area contributed by atoms with Crippen LogP contribution < -0.4 is 10.5 Å². The molecule has 3 aromatic rings. The zero-order valence-electron chi connectivity index (χ0n) is 12.0. The Kier molecular flexibility index (Phi) is 3.38. The second kappa shape index (κ2) is 5.53. The van der Waals surface area contributed by atoms with E-state index in [9.17, 15) is 4.79 Å². The number of hydrogen-bond acceptors (Lipinski definition) is 6. The first-order chi connectivity index (χ1) is 10.8. The van der Waals surface area contributed by atoms with E-state index >= 15 is 0 Å². The smallest absolute Gasteiger partial charge is 0.301 e. The van der Waals surface area contributed by atoms with Gasteiger partial charge in [0.25, 0.3) is 5.56 Å². The van der Waals surface area contributed by atoms with Crippen LogP contribution in [0.2, 0.25) is 0 Å². The highest BCUT2D eigenvalue weighted by atomic mass is 32.1. The molecular weight excluding hydrogens is 298 g/mol. The molecular formula is C16H15N3O2S. The number of pyridine rings is 1. The van der Waals surface area contributed by atoms with Gasteiger partial charge in [0, 0.05) is 42.0 Å². The van der Waals surface area contributed by atoms with Gasteiger partial charge in [-0.2, -0.15) is 4.98 Å². The van der Waals surface area contributed by atoms with Crippen LogP contribution in [-0.4, -0.2) is 23.1 Å². The monoisotopic (exact) mass is 313 g/mol. The highest BCUT2D eigenvalue weighted by Crippen LogP contribution is 2.33. The summed E-state index contributed by atoms with van der Waals surface area (Å²) in [5.41, 5.74) is 2.28. The van der Waals surface area contributed by atoms with Crippen molar-refractivity contribution in [2.75, 3.05) is 18.0 Å². The van der Waals surface area contributed by atoms with Gasteiger partial charge in [-0.1, -0.05) is 6.07 Å². The summed E-state index contributed by atoms with van der Waals surface area (Å²) in [6, 6.07) is 4.29. The maximum Gasteiger partial charge on any atom is 0.301 e. The van der Waals surface area contributed by atoms with Gasteiger partial charge in [0.2, 0.25) is 0 Å². The number of nitrogens with zero attached hydrogens (tertiary/aromatic N) is 3. The summed E-state index contributed by atoms with van der Waals surface area (Å²) >= 11 is 1.38. The molecule has 0 radical (unpaired) electrons. The summed E-state index contributed by atoms with van der Waals surface area (Å²) in [6.45, 7) is 1.79. The lowest BCUT2D eigenvalue weighted by molar-refractivity contribution is 0.498. The molecule has 0 spiro atoms. The Morgan fingerprint density at radius 3 is 2.86 bits per heavy atom. The lowest BCUT2D eigenvalue weighted by atomic mass is 10.1. The molecule has 0 unspecified atom stereocenters. The van der Waals surface area contributed by atoms with E-state index in [2.05, 4.69) is 14.9 Å². The molecule has 0 aliphatic carbocycles. The minimum atomic E-state index is -0.207. The first kappa shape index (κ1) is 13.5. The second-order valence-corrected chi connectivity index (χ2v) is 6.28. The summed E-state index contributed by atoms with van der Waals surface area (Å²) in [7, 11) is 0. The van der Waals surface area contributed by atoms with E-state index in [-0.39, 0.29) is 5.56 Å². The Morgan fingerprint density at radius 1 is 1.23 bits per heavy atom. The molecule has 0 bridgehead atoms. The summed E-state index contributed by atoms with van der Waals surface area (Å²) in [5.74, 6) is 0. The predicted octanol–water partition coefficient (Wildman–Crippen LogP) is 3.30. The van der Waals surface area contributed by atoms with Gasteiger partial charge < -0.3 is 9.32 Å². The standard InChI is InChI=1S/C16H15N3O2S/c20-15-14-13(12(10-22-14)11-5-4-6-17-9-11)21-16(18-15)19-7-2-1-3-8-19/h4-6,9-10H,1-3,7-8H2. The molecule has 0 atom stereocenters. The fourth-order valence-corrected chi connectivity index (χ4v) is 3.67. The number of thiophene rings is 1. The van der Waals surface area contributed by atoms with Crippen LogP contribution in [0.5, 0.6) is 0 Å². The predicted molar refractivity (Wildman–Crippen MR) is 87.5 cm³/mol. The Morgan fingerprint density at radius 2 is 2.09 bits per heavy atom. The molecule has 4 heterocycles. The van der Waals surface area contributed by atoms with E-state index in [0.717, 1.165) is 37.1 Å². The Labute approximate surface area is 131 Å². The van der Waals surface area contributed by atoms with E-state index in [1.807, 2.05) is 17.5 Å². The number of hydrogen-bond donors (Lipinski definition) is 0. The Bertz CT molecular complexity index is 851. The molecule has 0 aromatic carbocycles. The first-order valence-corrected chi connectivity index (χ1v) is 8.28. The van der Waals surface area contributed by atoms with Crippen LogP contribution in [-0.2, 0) is 0 Å². The van der Waals surface area contributed by atoms with Crippen LogP contribution >= 0.6 is 11.3 Å². The van der Waals surface area contributed by atoms with Gasteiger partial charge in [-0.3, -0.25) is 9.78 Å². The summed E-state index contributed by atoms with van der Waals surface area (Å²) < 4.78 is 6.57. The Hall–Kier alpha value is -2.21. The van der Waals surface area contributed by atoms with E-state index in [0.29, 0.717) is 16.3 Å². The fraction of sp³-hybridized carbons (Fsp3) is 0.312. The highest BCUT2D eigenvalue weighted by molar-refractivity contribution is 7.17. The van der Waals surface area contributed by atoms with Crippen LogP contribution in [0.1, 0.15) is 19.3 Å². The van der Waals surface area contributed by atoms with Crippen LogP contribution in [0.3, 0.4) is 0 Å². The van der Waals surface area contributed by atoms with Crippen LogP contribution in [0, 0.1) is 0 Å². The molecule has 3 aromatic heterocycles. The van der Waals surface area contributed by atoms with Crippen molar-refractivity contribution in [2.45, 2.75) is 19.3 Å². The van der Waals surface area contributed by atoms with Crippen molar-refractivity contribution >= 4 is 27.6 Å². The lowest BCUT2D eigenvalue weighted by Gasteiger charge is -2.25. The largest absolute Gasteiger partial charge is 0.423 e. The van der Waals surface area contributed by atoms with Crippen molar-refractivity contribution in [2.24, 2.45) is 0 Å². The van der Waals surface area contributed by atoms with Crippen LogP contribution in [0.25, 0.3) is 21.4 Å². The third-order valence-corrected chi connectivity index (χ3v) is 4.88. The van der Waals surface area contributed by atoms with Gasteiger partial charge in [-0.15, -0.1) is 11.3 Å². The van der Waals surface area contributed by atoms with Crippen molar-refractivity contribution < 1.29 is 4.42 Å². The maximum absolute atomic E-state index is 12.3. The topological polar surface area (TPSA) is 59.2 Å². The van der Waals surface area contributed by atoms with E-state index in [1.165, 1.54) is 17.8 Å². The Balaban J connectivity index is 1.86. The molecule has 0 saturated carbocycles. The number of anilines is 1. The minimum absolute atomic E-state index is 0.207. The molecule has 1 aliphatic heterocycles. The van der Waals surface area contributed by atoms with Gasteiger partial charge >= 0.3 is 6.01 Å². The minimum Gasteiger partial charge on any atom is -0.423 e.